The molecule has 148 valence electrons. The fourth-order valence-corrected chi connectivity index (χ4v) is 4.12. The molecular weight excluding hydrogens is 364 g/mol. The molecule has 3 aromatic heterocycles. The number of imidazole rings is 1. The zero-order chi connectivity index (χ0) is 19.3. The molecule has 1 aliphatic heterocycles. The van der Waals surface area contributed by atoms with Crippen molar-refractivity contribution in [1.29, 1.82) is 0 Å². The second-order valence-corrected chi connectivity index (χ2v) is 7.34. The van der Waals surface area contributed by atoms with Crippen LogP contribution in [0, 0.1) is 0 Å². The van der Waals surface area contributed by atoms with E-state index in [1.807, 2.05) is 6.92 Å². The van der Waals surface area contributed by atoms with E-state index in [4.69, 9.17) is 15.2 Å². The molecule has 1 saturated carbocycles. The fraction of sp³-hybridized carbons (Fsp3) is 0.588. The Balaban J connectivity index is 1.49. The molecule has 0 amide bonds. The van der Waals surface area contributed by atoms with Crippen molar-refractivity contribution in [2.24, 2.45) is 0 Å². The van der Waals surface area contributed by atoms with Crippen molar-refractivity contribution >= 4 is 17.0 Å². The highest BCUT2D eigenvalue weighted by atomic mass is 16.5. The largest absolute Gasteiger partial charge is 0.460 e. The monoisotopic (exact) mass is 386 g/mol. The van der Waals surface area contributed by atoms with Gasteiger partial charge in [0.25, 0.3) is 0 Å². The molecule has 11 nitrogen and oxygen atoms in total. The van der Waals surface area contributed by atoms with Crippen LogP contribution in [0.15, 0.2) is 18.7 Å². The summed E-state index contributed by atoms with van der Waals surface area (Å²) in [5.74, 6) is 0.241. The number of nitrogens with zero attached hydrogens (tertiary/aromatic N) is 7. The van der Waals surface area contributed by atoms with Crippen LogP contribution in [0.5, 0.6) is 6.01 Å². The van der Waals surface area contributed by atoms with Gasteiger partial charge < -0.3 is 20.3 Å². The average molecular weight is 386 g/mol. The molecule has 2 aliphatic rings. The normalized spacial score (nSPS) is 28.4. The minimum absolute atomic E-state index is 0.110. The van der Waals surface area contributed by atoms with Crippen molar-refractivity contribution in [2.45, 2.75) is 63.2 Å². The molecule has 4 atom stereocenters. The summed E-state index contributed by atoms with van der Waals surface area (Å²) in [5, 5.41) is 18.7. The third-order valence-corrected chi connectivity index (χ3v) is 5.50. The first-order chi connectivity index (χ1) is 13.6. The van der Waals surface area contributed by atoms with Gasteiger partial charge in [0.05, 0.1) is 18.6 Å². The maximum atomic E-state index is 10.9. The maximum Gasteiger partial charge on any atom is 0.320 e. The Hall–Kier alpha value is -2.79. The number of hydrogen-bond donors (Lipinski definition) is 2. The van der Waals surface area contributed by atoms with Gasteiger partial charge in [-0.3, -0.25) is 4.57 Å². The summed E-state index contributed by atoms with van der Waals surface area (Å²) in [6.07, 6.45) is 7.35. The van der Waals surface area contributed by atoms with Crippen LogP contribution in [0.2, 0.25) is 0 Å². The lowest BCUT2D eigenvalue weighted by molar-refractivity contribution is -0.0298. The number of rotatable bonds is 4. The van der Waals surface area contributed by atoms with Gasteiger partial charge in [0.1, 0.15) is 18.2 Å². The topological polar surface area (TPSA) is 139 Å². The Morgan fingerprint density at radius 1 is 1.29 bits per heavy atom. The minimum Gasteiger partial charge on any atom is -0.460 e. The summed E-state index contributed by atoms with van der Waals surface area (Å²) in [6.45, 7) is 1.88. The SMILES string of the molecule is C[C@H]1O[C@@H](n2cnc3c(N)nc(OC4CCCC4)nc32)[C@H](O)[C@H]1n1ccnn1. The van der Waals surface area contributed by atoms with Crippen LogP contribution in [-0.4, -0.2) is 57.9 Å². The number of aromatic nitrogens is 7. The predicted octanol–water partition coefficient (Wildman–Crippen LogP) is 0.841. The predicted molar refractivity (Wildman–Crippen MR) is 97.3 cm³/mol. The molecule has 0 bridgehead atoms. The Morgan fingerprint density at radius 3 is 2.86 bits per heavy atom. The highest BCUT2D eigenvalue weighted by molar-refractivity contribution is 5.82. The molecule has 2 fully saturated rings. The van der Waals surface area contributed by atoms with E-state index in [1.165, 1.54) is 0 Å². The first-order valence-corrected chi connectivity index (χ1v) is 9.48. The lowest BCUT2D eigenvalue weighted by atomic mass is 10.1. The van der Waals surface area contributed by atoms with Gasteiger partial charge in [-0.25, -0.2) is 9.67 Å². The van der Waals surface area contributed by atoms with Gasteiger partial charge in [0, 0.05) is 6.20 Å². The van der Waals surface area contributed by atoms with Gasteiger partial charge >= 0.3 is 6.01 Å². The van der Waals surface area contributed by atoms with Crippen LogP contribution in [0.1, 0.15) is 44.9 Å². The van der Waals surface area contributed by atoms with E-state index in [0.717, 1.165) is 25.7 Å². The van der Waals surface area contributed by atoms with Crippen molar-refractivity contribution in [3.8, 4) is 6.01 Å². The molecular formula is C17H22N8O3. The molecule has 1 aliphatic carbocycles. The summed E-state index contributed by atoms with van der Waals surface area (Å²) < 4.78 is 15.2. The van der Waals surface area contributed by atoms with Crippen molar-refractivity contribution < 1.29 is 14.6 Å². The number of hydrogen-bond acceptors (Lipinski definition) is 9. The molecule has 3 aromatic rings. The first-order valence-electron chi connectivity index (χ1n) is 9.48. The number of aliphatic hydroxyl groups is 1. The second kappa shape index (κ2) is 6.67. The molecule has 0 radical (unpaired) electrons. The van der Waals surface area contributed by atoms with Crippen molar-refractivity contribution in [3.63, 3.8) is 0 Å². The highest BCUT2D eigenvalue weighted by Crippen LogP contribution is 2.38. The van der Waals surface area contributed by atoms with Gasteiger partial charge in [-0.1, -0.05) is 5.21 Å². The smallest absolute Gasteiger partial charge is 0.320 e. The molecule has 0 spiro atoms. The van der Waals surface area contributed by atoms with E-state index in [-0.39, 0.29) is 30.1 Å². The van der Waals surface area contributed by atoms with E-state index < -0.39 is 12.3 Å². The number of nitrogens with two attached hydrogens (primary N) is 1. The molecule has 0 aromatic carbocycles. The lowest BCUT2D eigenvalue weighted by Crippen LogP contribution is -2.29. The molecule has 4 heterocycles. The summed E-state index contributed by atoms with van der Waals surface area (Å²) in [5.41, 5.74) is 7.00. The number of ether oxygens (including phenoxy) is 2. The third-order valence-electron chi connectivity index (χ3n) is 5.50. The van der Waals surface area contributed by atoms with Crippen molar-refractivity contribution in [3.05, 3.63) is 18.7 Å². The average Bonchev–Trinajstić information content (AvgIpc) is 3.43. The Labute approximate surface area is 160 Å². The maximum absolute atomic E-state index is 10.9. The van der Waals surface area contributed by atoms with Gasteiger partial charge in [-0.15, -0.1) is 5.10 Å². The molecule has 3 N–H and O–H groups in total. The number of aliphatic hydroxyl groups excluding tert-OH is 1. The van der Waals surface area contributed by atoms with Crippen LogP contribution >= 0.6 is 0 Å². The van der Waals surface area contributed by atoms with Crippen molar-refractivity contribution in [1.82, 2.24) is 34.5 Å². The minimum atomic E-state index is -0.871. The van der Waals surface area contributed by atoms with E-state index >= 15 is 0 Å². The Morgan fingerprint density at radius 2 is 2.11 bits per heavy atom. The number of nitrogen functional groups attached to an aromatic ring is 1. The van der Waals surface area contributed by atoms with E-state index in [9.17, 15) is 5.11 Å². The van der Waals surface area contributed by atoms with E-state index in [0.29, 0.717) is 11.2 Å². The molecule has 1 saturated heterocycles. The highest BCUT2D eigenvalue weighted by Gasteiger charge is 2.44. The Kier molecular flexibility index (Phi) is 4.13. The standard InChI is InChI=1S/C17H22N8O3/c1-9-12(25-7-6-20-23-25)13(26)16(27-9)24-8-19-11-14(18)21-17(22-15(11)24)28-10-4-2-3-5-10/h6-10,12-13,16,26H,2-5H2,1H3,(H2,18,21,22)/t9-,12+,13-,16-/m1/s1. The van der Waals surface area contributed by atoms with E-state index in [2.05, 4.69) is 25.3 Å². The van der Waals surface area contributed by atoms with Gasteiger partial charge in [0.15, 0.2) is 23.2 Å². The molecule has 5 rings (SSSR count). The number of fused-ring (bicyclic) bond motifs is 1. The zero-order valence-electron chi connectivity index (χ0n) is 15.4. The molecule has 0 unspecified atom stereocenters. The third kappa shape index (κ3) is 2.78. The quantitative estimate of drug-likeness (QED) is 0.667. The van der Waals surface area contributed by atoms with Crippen LogP contribution < -0.4 is 10.5 Å². The summed E-state index contributed by atoms with van der Waals surface area (Å²) in [6, 6.07) is -0.148. The second-order valence-electron chi connectivity index (χ2n) is 7.34. The van der Waals surface area contributed by atoms with Crippen LogP contribution in [0.25, 0.3) is 11.2 Å². The molecule has 28 heavy (non-hydrogen) atoms. The van der Waals surface area contributed by atoms with Crippen LogP contribution in [-0.2, 0) is 4.74 Å². The lowest BCUT2D eigenvalue weighted by Gasteiger charge is -2.19. The van der Waals surface area contributed by atoms with Crippen LogP contribution in [0.3, 0.4) is 0 Å². The fourth-order valence-electron chi connectivity index (χ4n) is 4.12. The van der Waals surface area contributed by atoms with Crippen molar-refractivity contribution in [2.75, 3.05) is 5.73 Å². The van der Waals surface area contributed by atoms with Gasteiger partial charge in [-0.2, -0.15) is 9.97 Å². The Bertz CT molecular complexity index is 968. The summed E-state index contributed by atoms with van der Waals surface area (Å²) in [4.78, 5) is 13.1. The summed E-state index contributed by atoms with van der Waals surface area (Å²) >= 11 is 0. The first kappa shape index (κ1) is 17.3. The molecule has 11 heteroatoms. The van der Waals surface area contributed by atoms with E-state index in [1.54, 1.807) is 28.0 Å². The van der Waals surface area contributed by atoms with Crippen LogP contribution in [0.4, 0.5) is 5.82 Å². The zero-order valence-corrected chi connectivity index (χ0v) is 15.4. The van der Waals surface area contributed by atoms with Gasteiger partial charge in [0.2, 0.25) is 0 Å². The summed E-state index contributed by atoms with van der Waals surface area (Å²) in [7, 11) is 0. The van der Waals surface area contributed by atoms with Gasteiger partial charge in [-0.05, 0) is 32.6 Å². The number of anilines is 1.